The monoisotopic (exact) mass is 569 g/mol. The van der Waals surface area contributed by atoms with E-state index in [1.807, 2.05) is 91.7 Å². The van der Waals surface area contributed by atoms with Gasteiger partial charge in [-0.3, -0.25) is 19.6 Å². The van der Waals surface area contributed by atoms with Crippen LogP contribution in [0.25, 0.3) is 49.4 Å². The Balaban J connectivity index is 1.41. The Bertz CT molecular complexity index is 2100. The molecule has 0 saturated heterocycles. The second-order valence-electron chi connectivity index (χ2n) is 11.1. The fourth-order valence-electron chi connectivity index (χ4n) is 6.04. The normalized spacial score (nSPS) is 13.7. The first-order chi connectivity index (χ1) is 20.9. The number of nitrogens with one attached hydrogen (secondary N) is 1. The number of carbonyl (C=O) groups excluding carboxylic acids is 2. The number of carbonyl (C=O) groups is 2. The highest BCUT2D eigenvalue weighted by Crippen LogP contribution is 2.39. The number of hydrogen-bond acceptors (Lipinski definition) is 5. The van der Waals surface area contributed by atoms with Crippen molar-refractivity contribution in [2.75, 3.05) is 27.7 Å². The molecule has 7 rings (SSSR count). The minimum Gasteiger partial charge on any atom is -0.497 e. The van der Waals surface area contributed by atoms with Crippen molar-refractivity contribution in [2.45, 2.75) is 13.0 Å². The van der Waals surface area contributed by atoms with Gasteiger partial charge in [0, 0.05) is 34.8 Å². The predicted octanol–water partition coefficient (Wildman–Crippen LogP) is 5.66. The quantitative estimate of drug-likeness (QED) is 0.239. The average Bonchev–Trinajstić information content (AvgIpc) is 3.66. The lowest BCUT2D eigenvalue weighted by atomic mass is 9.97. The lowest BCUT2D eigenvalue weighted by molar-refractivity contribution is -0.122. The molecule has 8 nitrogen and oxygen atoms in total. The number of aryl methyl sites for hydroxylation is 1. The largest absolute Gasteiger partial charge is 0.497 e. The number of rotatable bonds is 8. The zero-order chi connectivity index (χ0) is 29.7. The lowest BCUT2D eigenvalue weighted by Crippen LogP contribution is -2.22. The first-order valence-corrected chi connectivity index (χ1v) is 14.3. The standard InChI is InChI=1S/C35H31N5O3/c1-38(2)17-8-18-40-30-12-7-5-10-27(30)33(37-40)32-31(34(41)36-35(32)42)28-21-39(29-11-6-4-9-26(28)29)24-15-13-23-20-25(43-3)16-14-22(23)19-24/h4-7,9-16,19-21H,8,17-18H2,1-3H3,(H,36,41,42). The third-order valence-corrected chi connectivity index (χ3v) is 8.09. The van der Waals surface area contributed by atoms with E-state index in [1.54, 1.807) is 7.11 Å². The van der Waals surface area contributed by atoms with E-state index >= 15 is 0 Å². The zero-order valence-corrected chi connectivity index (χ0v) is 24.3. The maximum Gasteiger partial charge on any atom is 0.261 e. The Kier molecular flexibility index (Phi) is 6.55. The van der Waals surface area contributed by atoms with E-state index in [0.717, 1.165) is 57.0 Å². The molecule has 0 aliphatic carbocycles. The molecule has 6 aromatic rings. The van der Waals surface area contributed by atoms with Crippen LogP contribution in [0.3, 0.4) is 0 Å². The molecule has 2 aromatic heterocycles. The van der Waals surface area contributed by atoms with Crippen LogP contribution < -0.4 is 10.1 Å². The Labute approximate surface area is 248 Å². The molecule has 8 heteroatoms. The van der Waals surface area contributed by atoms with E-state index in [0.29, 0.717) is 28.9 Å². The number of amides is 2. The molecule has 4 aromatic carbocycles. The Morgan fingerprint density at radius 3 is 2.30 bits per heavy atom. The summed E-state index contributed by atoms with van der Waals surface area (Å²) in [6.07, 6.45) is 2.86. The maximum absolute atomic E-state index is 13.5. The molecule has 2 amide bonds. The van der Waals surface area contributed by atoms with Crippen LogP contribution in [0.15, 0.2) is 91.1 Å². The summed E-state index contributed by atoms with van der Waals surface area (Å²) < 4.78 is 9.42. The van der Waals surface area contributed by atoms with Crippen LogP contribution in [0.2, 0.25) is 0 Å². The molecular formula is C35H31N5O3. The zero-order valence-electron chi connectivity index (χ0n) is 24.3. The first kappa shape index (κ1) is 26.7. The van der Waals surface area contributed by atoms with Crippen molar-refractivity contribution >= 4 is 55.5 Å². The van der Waals surface area contributed by atoms with Gasteiger partial charge in [-0.2, -0.15) is 5.10 Å². The van der Waals surface area contributed by atoms with E-state index in [-0.39, 0.29) is 0 Å². The van der Waals surface area contributed by atoms with Gasteiger partial charge in [0.1, 0.15) is 11.4 Å². The van der Waals surface area contributed by atoms with Gasteiger partial charge < -0.3 is 14.2 Å². The Hall–Kier alpha value is -5.21. The molecule has 0 saturated carbocycles. The third kappa shape index (κ3) is 4.56. The van der Waals surface area contributed by atoms with Gasteiger partial charge in [0.05, 0.1) is 29.3 Å². The molecule has 1 aliphatic heterocycles. The molecule has 3 heterocycles. The molecule has 1 N–H and O–H groups in total. The minimum absolute atomic E-state index is 0.307. The van der Waals surface area contributed by atoms with Crippen LogP contribution in [0.5, 0.6) is 5.75 Å². The molecule has 0 atom stereocenters. The van der Waals surface area contributed by atoms with Crippen LogP contribution in [-0.2, 0) is 16.1 Å². The highest BCUT2D eigenvalue weighted by molar-refractivity contribution is 6.50. The minimum atomic E-state index is -0.430. The molecular weight excluding hydrogens is 538 g/mol. The summed E-state index contributed by atoms with van der Waals surface area (Å²) in [6, 6.07) is 28.1. The number of aromatic nitrogens is 3. The van der Waals surface area contributed by atoms with Crippen LogP contribution in [-0.4, -0.2) is 58.8 Å². The molecule has 43 heavy (non-hydrogen) atoms. The number of nitrogens with zero attached hydrogens (tertiary/aromatic N) is 4. The molecule has 214 valence electrons. The smallest absolute Gasteiger partial charge is 0.261 e. The van der Waals surface area contributed by atoms with Crippen molar-refractivity contribution in [3.8, 4) is 11.4 Å². The topological polar surface area (TPSA) is 81.4 Å². The fourth-order valence-corrected chi connectivity index (χ4v) is 6.04. The van der Waals surface area contributed by atoms with Crippen LogP contribution >= 0.6 is 0 Å². The summed E-state index contributed by atoms with van der Waals surface area (Å²) >= 11 is 0. The highest BCUT2D eigenvalue weighted by Gasteiger charge is 2.36. The van der Waals surface area contributed by atoms with Crippen molar-refractivity contribution in [1.29, 1.82) is 0 Å². The van der Waals surface area contributed by atoms with Gasteiger partial charge >= 0.3 is 0 Å². The molecule has 0 fully saturated rings. The molecule has 0 bridgehead atoms. The molecule has 0 radical (unpaired) electrons. The van der Waals surface area contributed by atoms with Crippen LogP contribution in [0.4, 0.5) is 0 Å². The van der Waals surface area contributed by atoms with Gasteiger partial charge in [0.15, 0.2) is 0 Å². The van der Waals surface area contributed by atoms with Crippen molar-refractivity contribution in [1.82, 2.24) is 24.6 Å². The predicted molar refractivity (Wildman–Crippen MR) is 170 cm³/mol. The SMILES string of the molecule is COc1ccc2cc(-n3cc(C4=C(c5nn(CCCN(C)C)c6ccccc56)C(=O)NC4=O)c4ccccc43)ccc2c1. The van der Waals surface area contributed by atoms with E-state index in [2.05, 4.69) is 33.0 Å². The average molecular weight is 570 g/mol. The summed E-state index contributed by atoms with van der Waals surface area (Å²) in [6.45, 7) is 1.61. The fraction of sp³-hybridized carbons (Fsp3) is 0.171. The molecule has 0 unspecified atom stereocenters. The number of methoxy groups -OCH3 is 1. The van der Waals surface area contributed by atoms with Gasteiger partial charge in [-0.25, -0.2) is 0 Å². The first-order valence-electron chi connectivity index (χ1n) is 14.3. The number of hydrogen-bond donors (Lipinski definition) is 1. The Morgan fingerprint density at radius 1 is 0.814 bits per heavy atom. The number of imide groups is 1. The van der Waals surface area contributed by atoms with Gasteiger partial charge in [-0.1, -0.05) is 48.5 Å². The van der Waals surface area contributed by atoms with Crippen molar-refractivity contribution in [2.24, 2.45) is 0 Å². The summed E-state index contributed by atoms with van der Waals surface area (Å²) in [5.74, 6) is -0.0436. The van der Waals surface area contributed by atoms with Gasteiger partial charge in [-0.15, -0.1) is 0 Å². The molecule has 0 spiro atoms. The Morgan fingerprint density at radius 2 is 1.51 bits per heavy atom. The van der Waals surface area contributed by atoms with E-state index in [9.17, 15) is 9.59 Å². The summed E-state index contributed by atoms with van der Waals surface area (Å²) in [4.78, 5) is 29.1. The van der Waals surface area contributed by atoms with E-state index < -0.39 is 11.8 Å². The number of ether oxygens (including phenoxy) is 1. The summed E-state index contributed by atoms with van der Waals surface area (Å²) in [5, 5.41) is 11.4. The lowest BCUT2D eigenvalue weighted by Gasteiger charge is -2.09. The maximum atomic E-state index is 13.5. The highest BCUT2D eigenvalue weighted by atomic mass is 16.5. The second-order valence-corrected chi connectivity index (χ2v) is 11.1. The van der Waals surface area contributed by atoms with E-state index in [1.165, 1.54) is 0 Å². The van der Waals surface area contributed by atoms with Gasteiger partial charge in [0.25, 0.3) is 11.8 Å². The van der Waals surface area contributed by atoms with Crippen molar-refractivity contribution < 1.29 is 14.3 Å². The second kappa shape index (κ2) is 10.6. The van der Waals surface area contributed by atoms with Crippen molar-refractivity contribution in [3.05, 3.63) is 102 Å². The van der Waals surface area contributed by atoms with Crippen LogP contribution in [0.1, 0.15) is 17.7 Å². The summed E-state index contributed by atoms with van der Waals surface area (Å²) in [7, 11) is 5.75. The molecule has 1 aliphatic rings. The van der Waals surface area contributed by atoms with E-state index in [4.69, 9.17) is 9.84 Å². The summed E-state index contributed by atoms with van der Waals surface area (Å²) in [5.41, 5.74) is 4.68. The van der Waals surface area contributed by atoms with Gasteiger partial charge in [0.2, 0.25) is 0 Å². The third-order valence-electron chi connectivity index (χ3n) is 8.09. The number of fused-ring (bicyclic) bond motifs is 3. The van der Waals surface area contributed by atoms with Crippen LogP contribution in [0, 0.1) is 0 Å². The van der Waals surface area contributed by atoms with Crippen molar-refractivity contribution in [3.63, 3.8) is 0 Å². The number of para-hydroxylation sites is 2. The number of benzene rings is 4. The van der Waals surface area contributed by atoms with Gasteiger partial charge in [-0.05, 0) is 74.2 Å².